The summed E-state index contributed by atoms with van der Waals surface area (Å²) in [6.07, 6.45) is 17.3. The minimum absolute atomic E-state index is 0.0744. The highest BCUT2D eigenvalue weighted by atomic mass is 32.2. The molecule has 1 fully saturated rings. The number of hydrogen-bond acceptors (Lipinski definition) is 5. The number of unbranched alkanes of at least 4 members (excludes halogenated alkanes) is 13. The number of rotatable bonds is 18. The number of morpholine rings is 1. The number of benzene rings is 1. The van der Waals surface area contributed by atoms with E-state index < -0.39 is 10.0 Å². The maximum Gasteiger partial charge on any atom is 0.247 e. The van der Waals surface area contributed by atoms with Crippen molar-refractivity contribution in [2.45, 2.75) is 96.8 Å². The smallest absolute Gasteiger partial charge is 0.247 e. The van der Waals surface area contributed by atoms with Gasteiger partial charge in [0.05, 0.1) is 19.0 Å². The fraction of sp³-hybridized carbons (Fsp3) is 0.741. The van der Waals surface area contributed by atoms with Gasteiger partial charge in [-0.15, -0.1) is 5.10 Å². The van der Waals surface area contributed by atoms with Gasteiger partial charge in [-0.25, -0.2) is 13.2 Å². The zero-order chi connectivity index (χ0) is 25.2. The number of nitrogens with one attached hydrogen (secondary N) is 1. The molecule has 0 atom stereocenters. The standard InChI is InChI=1S/C27H47N3O4S/c1-2-3-4-5-6-7-8-9-10-11-12-13-14-15-23-35(32,33)29-28-27(30-19-21-34-22-20-30)25-17-16-18-26(31)24-25/h16-18,24,29,31H,2-15,19-23H2,1H3. The second-order valence-electron chi connectivity index (χ2n) is 9.59. The second-order valence-corrected chi connectivity index (χ2v) is 11.4. The summed E-state index contributed by atoms with van der Waals surface area (Å²) in [5.74, 6) is 0.702. The first-order valence-electron chi connectivity index (χ1n) is 13.7. The Hall–Kier alpha value is -1.80. The van der Waals surface area contributed by atoms with Crippen LogP contribution in [0.3, 0.4) is 0 Å². The zero-order valence-corrected chi connectivity index (χ0v) is 22.5. The van der Waals surface area contributed by atoms with Gasteiger partial charge in [-0.1, -0.05) is 103 Å². The van der Waals surface area contributed by atoms with Crippen LogP contribution in [0.25, 0.3) is 0 Å². The third kappa shape index (κ3) is 13.2. The van der Waals surface area contributed by atoms with E-state index in [0.717, 1.165) is 12.8 Å². The maximum atomic E-state index is 12.5. The van der Waals surface area contributed by atoms with Crippen LogP contribution >= 0.6 is 0 Å². The first kappa shape index (κ1) is 29.4. The number of nitrogens with zero attached hydrogens (tertiary/aromatic N) is 2. The molecule has 0 saturated carbocycles. The molecule has 0 aromatic heterocycles. The molecular weight excluding hydrogens is 462 g/mol. The largest absolute Gasteiger partial charge is 0.508 e. The van der Waals surface area contributed by atoms with Gasteiger partial charge in [0.2, 0.25) is 10.0 Å². The van der Waals surface area contributed by atoms with E-state index in [9.17, 15) is 13.5 Å². The Kier molecular flexibility index (Phi) is 14.8. The number of amidine groups is 1. The molecule has 0 radical (unpaired) electrons. The van der Waals surface area contributed by atoms with Gasteiger partial charge >= 0.3 is 0 Å². The average molecular weight is 510 g/mol. The van der Waals surface area contributed by atoms with Gasteiger partial charge in [-0.05, 0) is 18.6 Å². The van der Waals surface area contributed by atoms with E-state index in [1.54, 1.807) is 18.2 Å². The molecule has 1 aromatic rings. The molecule has 0 amide bonds. The van der Waals surface area contributed by atoms with Crippen molar-refractivity contribution in [3.05, 3.63) is 29.8 Å². The first-order chi connectivity index (χ1) is 17.0. The van der Waals surface area contributed by atoms with Crippen molar-refractivity contribution in [3.8, 4) is 5.75 Å². The number of phenolic OH excluding ortho intramolecular Hbond substituents is 1. The Morgan fingerprint density at radius 3 is 2.00 bits per heavy atom. The normalized spacial score (nSPS) is 14.9. The van der Waals surface area contributed by atoms with Gasteiger partial charge in [-0.2, -0.15) is 0 Å². The van der Waals surface area contributed by atoms with Gasteiger partial charge in [0.25, 0.3) is 0 Å². The third-order valence-corrected chi connectivity index (χ3v) is 7.67. The van der Waals surface area contributed by atoms with Crippen molar-refractivity contribution in [2.24, 2.45) is 5.10 Å². The number of aromatic hydroxyl groups is 1. The molecule has 1 saturated heterocycles. The summed E-state index contributed by atoms with van der Waals surface area (Å²) in [6.45, 7) is 4.62. The van der Waals surface area contributed by atoms with Crippen LogP contribution in [0.5, 0.6) is 5.75 Å². The lowest BCUT2D eigenvalue weighted by Gasteiger charge is -2.29. The highest BCUT2D eigenvalue weighted by molar-refractivity contribution is 7.89. The van der Waals surface area contributed by atoms with Gasteiger partial charge in [0.1, 0.15) is 5.75 Å². The van der Waals surface area contributed by atoms with E-state index in [1.165, 1.54) is 70.6 Å². The first-order valence-corrected chi connectivity index (χ1v) is 15.4. The monoisotopic (exact) mass is 509 g/mol. The highest BCUT2D eigenvalue weighted by Gasteiger charge is 2.19. The Labute approximate surface area is 213 Å². The molecule has 0 bridgehead atoms. The van der Waals surface area contributed by atoms with Crippen molar-refractivity contribution < 1.29 is 18.3 Å². The molecule has 2 N–H and O–H groups in total. The van der Waals surface area contributed by atoms with Crippen molar-refractivity contribution in [3.63, 3.8) is 0 Å². The molecule has 0 spiro atoms. The molecule has 0 unspecified atom stereocenters. The van der Waals surface area contributed by atoms with Crippen LogP contribution in [0.2, 0.25) is 0 Å². The zero-order valence-electron chi connectivity index (χ0n) is 21.7. The number of phenols is 1. The lowest BCUT2D eigenvalue weighted by atomic mass is 10.0. The fourth-order valence-electron chi connectivity index (χ4n) is 4.38. The van der Waals surface area contributed by atoms with Crippen molar-refractivity contribution in [2.75, 3.05) is 32.1 Å². The summed E-state index contributed by atoms with van der Waals surface area (Å²) in [7, 11) is -3.51. The maximum absolute atomic E-state index is 12.5. The molecule has 7 nitrogen and oxygen atoms in total. The Morgan fingerprint density at radius 1 is 0.914 bits per heavy atom. The minimum atomic E-state index is -3.51. The van der Waals surface area contributed by atoms with E-state index in [2.05, 4.69) is 16.9 Å². The van der Waals surface area contributed by atoms with Crippen LogP contribution in [0.4, 0.5) is 0 Å². The van der Waals surface area contributed by atoms with E-state index in [0.29, 0.717) is 44.1 Å². The number of hydrazone groups is 1. The van der Waals surface area contributed by atoms with Crippen molar-refractivity contribution >= 4 is 15.9 Å². The van der Waals surface area contributed by atoms with Gasteiger partial charge < -0.3 is 14.7 Å². The fourth-order valence-corrected chi connectivity index (χ4v) is 5.28. The van der Waals surface area contributed by atoms with Crippen LogP contribution in [-0.2, 0) is 14.8 Å². The molecule has 8 heteroatoms. The highest BCUT2D eigenvalue weighted by Crippen LogP contribution is 2.16. The molecule has 1 heterocycles. The predicted octanol–water partition coefficient (Wildman–Crippen LogP) is 5.79. The van der Waals surface area contributed by atoms with Crippen LogP contribution < -0.4 is 4.83 Å². The van der Waals surface area contributed by atoms with Gasteiger partial charge in [0.15, 0.2) is 5.84 Å². The summed E-state index contributed by atoms with van der Waals surface area (Å²) in [5, 5.41) is 14.1. The Morgan fingerprint density at radius 2 is 1.46 bits per heavy atom. The Balaban J connectivity index is 1.63. The summed E-state index contributed by atoms with van der Waals surface area (Å²) < 4.78 is 30.5. The minimum Gasteiger partial charge on any atom is -0.508 e. The predicted molar refractivity (Wildman–Crippen MR) is 144 cm³/mol. The molecule has 35 heavy (non-hydrogen) atoms. The molecule has 2 rings (SSSR count). The quantitative estimate of drug-likeness (QED) is 0.113. The van der Waals surface area contributed by atoms with Crippen LogP contribution in [0.15, 0.2) is 29.4 Å². The van der Waals surface area contributed by atoms with E-state index in [-0.39, 0.29) is 11.5 Å². The van der Waals surface area contributed by atoms with E-state index >= 15 is 0 Å². The average Bonchev–Trinajstić information content (AvgIpc) is 2.85. The summed E-state index contributed by atoms with van der Waals surface area (Å²) in [4.78, 5) is 4.40. The Bertz CT molecular complexity index is 823. The molecule has 0 aliphatic carbocycles. The molecule has 1 aliphatic heterocycles. The molecule has 200 valence electrons. The van der Waals surface area contributed by atoms with Crippen LogP contribution in [0.1, 0.15) is 102 Å². The number of ether oxygens (including phenoxy) is 1. The molecular formula is C27H47N3O4S. The second kappa shape index (κ2) is 17.6. The van der Waals surface area contributed by atoms with Gasteiger partial charge in [-0.3, -0.25) is 0 Å². The van der Waals surface area contributed by atoms with E-state index in [1.807, 2.05) is 11.0 Å². The van der Waals surface area contributed by atoms with Crippen LogP contribution in [0, 0.1) is 0 Å². The third-order valence-electron chi connectivity index (χ3n) is 6.47. The SMILES string of the molecule is CCCCCCCCCCCCCCCCS(=O)(=O)NN=C(c1cccc(O)c1)N1CCOCC1. The van der Waals surface area contributed by atoms with Gasteiger partial charge in [0, 0.05) is 18.7 Å². The lowest BCUT2D eigenvalue weighted by Crippen LogP contribution is -2.42. The number of sulfonamides is 1. The topological polar surface area (TPSA) is 91.2 Å². The summed E-state index contributed by atoms with van der Waals surface area (Å²) in [6, 6.07) is 6.72. The number of hydrogen-bond donors (Lipinski definition) is 2. The van der Waals surface area contributed by atoms with Crippen molar-refractivity contribution in [1.82, 2.24) is 9.73 Å². The van der Waals surface area contributed by atoms with Crippen molar-refractivity contribution in [1.29, 1.82) is 0 Å². The molecule has 1 aliphatic rings. The lowest BCUT2D eigenvalue weighted by molar-refractivity contribution is 0.0681. The summed E-state index contributed by atoms with van der Waals surface area (Å²) in [5.41, 5.74) is 0.672. The van der Waals surface area contributed by atoms with Crippen LogP contribution in [-0.4, -0.2) is 56.3 Å². The molecule has 1 aromatic carbocycles. The van der Waals surface area contributed by atoms with E-state index in [4.69, 9.17) is 4.74 Å². The summed E-state index contributed by atoms with van der Waals surface area (Å²) >= 11 is 0.